The van der Waals surface area contributed by atoms with Gasteiger partial charge in [-0.25, -0.2) is 0 Å². The van der Waals surface area contributed by atoms with E-state index in [0.717, 1.165) is 0 Å². The predicted octanol–water partition coefficient (Wildman–Crippen LogP) is 2.42. The summed E-state index contributed by atoms with van der Waals surface area (Å²) in [6, 6.07) is 10.1. The Morgan fingerprint density at radius 2 is 1.78 bits per heavy atom. The average Bonchev–Trinajstić information content (AvgIpc) is 1.91. The molecule has 9 heavy (non-hydrogen) atoms. The summed E-state index contributed by atoms with van der Waals surface area (Å²) in [7, 11) is 0. The maximum absolute atomic E-state index is 3.60. The normalized spacial score (nSPS) is 8.89. The zero-order valence-corrected chi connectivity index (χ0v) is 5.25. The molecule has 0 aliphatic rings. The molecule has 0 saturated heterocycles. The van der Waals surface area contributed by atoms with Gasteiger partial charge in [-0.1, -0.05) is 36.4 Å². The van der Waals surface area contributed by atoms with E-state index < -0.39 is 0 Å². The van der Waals surface area contributed by atoms with Crippen molar-refractivity contribution >= 4 is 0 Å². The lowest BCUT2D eigenvalue weighted by Gasteiger charge is -1.90. The summed E-state index contributed by atoms with van der Waals surface area (Å²) in [5, 5.41) is 0. The molecular formula is C9H9. The zero-order valence-electron chi connectivity index (χ0n) is 5.25. The lowest BCUT2D eigenvalue weighted by molar-refractivity contribution is 1.53. The summed E-state index contributed by atoms with van der Waals surface area (Å²) >= 11 is 0. The Bertz CT molecular complexity index is 174. The van der Waals surface area contributed by atoms with Gasteiger partial charge in [0.05, 0.1) is 0 Å². The van der Waals surface area contributed by atoms with Crippen molar-refractivity contribution in [3.05, 3.63) is 55.0 Å². The van der Waals surface area contributed by atoms with E-state index in [9.17, 15) is 0 Å². The first-order valence-electron chi connectivity index (χ1n) is 2.94. The minimum Gasteiger partial charge on any atom is -0.102 e. The van der Waals surface area contributed by atoms with E-state index in [2.05, 4.69) is 6.58 Å². The summed E-state index contributed by atoms with van der Waals surface area (Å²) in [6.07, 6.45) is 3.76. The third-order valence-corrected chi connectivity index (χ3v) is 1.11. The van der Waals surface area contributed by atoms with Crippen LogP contribution in [0.25, 0.3) is 0 Å². The molecule has 0 N–H and O–H groups in total. The molecule has 45 valence electrons. The number of hydrogen-bond donors (Lipinski definition) is 0. The molecule has 0 amide bonds. The number of allylic oxidation sites excluding steroid dienone is 1. The number of hydrogen-bond acceptors (Lipinski definition) is 0. The third-order valence-electron chi connectivity index (χ3n) is 1.11. The quantitative estimate of drug-likeness (QED) is 0.560. The molecule has 0 heteroatoms. The molecule has 1 aromatic rings. The van der Waals surface area contributed by atoms with Gasteiger partial charge in [-0.15, -0.1) is 6.58 Å². The minimum atomic E-state index is 1.20. The van der Waals surface area contributed by atoms with Crippen molar-refractivity contribution in [2.24, 2.45) is 0 Å². The molecule has 0 atom stereocenters. The van der Waals surface area contributed by atoms with Crippen molar-refractivity contribution in [1.29, 1.82) is 0 Å². The van der Waals surface area contributed by atoms with Crippen LogP contribution >= 0.6 is 0 Å². The second-order valence-corrected chi connectivity index (χ2v) is 1.81. The van der Waals surface area contributed by atoms with Crippen LogP contribution in [-0.4, -0.2) is 0 Å². The largest absolute Gasteiger partial charge is 0.102 e. The van der Waals surface area contributed by atoms with Crippen molar-refractivity contribution in [3.63, 3.8) is 0 Å². The lowest BCUT2D eigenvalue weighted by atomic mass is 10.5. The van der Waals surface area contributed by atoms with Crippen LogP contribution in [0.15, 0.2) is 43.0 Å². The zero-order chi connectivity index (χ0) is 6.53. The Morgan fingerprint density at radius 1 is 1.11 bits per heavy atom. The van der Waals surface area contributed by atoms with Crippen molar-refractivity contribution in [1.82, 2.24) is 0 Å². The summed E-state index contributed by atoms with van der Waals surface area (Å²) in [5.41, 5.74) is 1.20. The fourth-order valence-corrected chi connectivity index (χ4v) is 0.700. The van der Waals surface area contributed by atoms with E-state index in [0.29, 0.717) is 0 Å². The van der Waals surface area contributed by atoms with Crippen LogP contribution in [-0.2, 0) is 0 Å². The molecule has 0 aliphatic heterocycles. The Hall–Kier alpha value is -1.04. The van der Waals surface area contributed by atoms with Gasteiger partial charge in [0.15, 0.2) is 0 Å². The van der Waals surface area contributed by atoms with Gasteiger partial charge in [0.25, 0.3) is 0 Å². The van der Waals surface area contributed by atoms with Gasteiger partial charge in [-0.05, 0) is 5.56 Å². The fourth-order valence-electron chi connectivity index (χ4n) is 0.700. The first kappa shape index (κ1) is 6.09. The number of rotatable bonds is 2. The minimum absolute atomic E-state index is 1.20. The summed E-state index contributed by atoms with van der Waals surface area (Å²) < 4.78 is 0. The third kappa shape index (κ3) is 1.73. The molecule has 0 saturated carbocycles. The van der Waals surface area contributed by atoms with Crippen molar-refractivity contribution in [2.45, 2.75) is 0 Å². The van der Waals surface area contributed by atoms with E-state index in [4.69, 9.17) is 0 Å². The molecule has 0 spiro atoms. The molecule has 0 aromatic heterocycles. The standard InChI is InChI=1S/C9H9/c1-2-6-9-7-4-3-5-8-9/h2-8H,1H2/i9+2. The van der Waals surface area contributed by atoms with Crippen LogP contribution in [0.3, 0.4) is 0 Å². The number of benzene rings is 1. The highest BCUT2D eigenvalue weighted by Gasteiger charge is 1.82. The Kier molecular flexibility index (Phi) is 2.08. The first-order valence-corrected chi connectivity index (χ1v) is 2.94. The van der Waals surface area contributed by atoms with Crippen LogP contribution in [0.1, 0.15) is 5.56 Å². The molecule has 0 nitrogen and oxygen atoms in total. The lowest BCUT2D eigenvalue weighted by Crippen LogP contribution is -1.72. The second-order valence-electron chi connectivity index (χ2n) is 1.81. The van der Waals surface area contributed by atoms with Crippen LogP contribution in [0.2, 0.25) is 0 Å². The summed E-state index contributed by atoms with van der Waals surface area (Å²) in [6.45, 7) is 3.60. The smallest absolute Gasteiger partial charge is 0.0119 e. The van der Waals surface area contributed by atoms with Gasteiger partial charge in [0, 0.05) is 6.42 Å². The predicted molar refractivity (Wildman–Crippen MR) is 40.0 cm³/mol. The molecule has 0 bridgehead atoms. The second kappa shape index (κ2) is 3.08. The van der Waals surface area contributed by atoms with Crippen LogP contribution in [0.4, 0.5) is 0 Å². The van der Waals surface area contributed by atoms with Crippen molar-refractivity contribution < 1.29 is 0 Å². The van der Waals surface area contributed by atoms with Gasteiger partial charge < -0.3 is 0 Å². The van der Waals surface area contributed by atoms with E-state index >= 15 is 0 Å². The molecule has 0 fully saturated rings. The van der Waals surface area contributed by atoms with Gasteiger partial charge in [-0.3, -0.25) is 0 Å². The topological polar surface area (TPSA) is 0 Å². The van der Waals surface area contributed by atoms with Gasteiger partial charge in [-0.2, -0.15) is 0 Å². The van der Waals surface area contributed by atoms with E-state index in [1.54, 1.807) is 6.08 Å². The molecule has 0 heterocycles. The fraction of sp³-hybridized carbons (Fsp3) is 0. The van der Waals surface area contributed by atoms with E-state index in [-0.39, 0.29) is 0 Å². The average molecular weight is 119 g/mol. The summed E-state index contributed by atoms with van der Waals surface area (Å²) in [5.74, 6) is 0. The SMILES string of the molecule is C=C[CH][14c]1ccccc1. The molecule has 0 aliphatic carbocycles. The van der Waals surface area contributed by atoms with Crippen molar-refractivity contribution in [3.8, 4) is 0 Å². The highest BCUT2D eigenvalue weighted by molar-refractivity contribution is 5.26. The van der Waals surface area contributed by atoms with E-state index in [1.807, 2.05) is 36.8 Å². The monoisotopic (exact) mass is 119 g/mol. The van der Waals surface area contributed by atoms with Crippen LogP contribution in [0, 0.1) is 6.42 Å². The maximum atomic E-state index is 3.60. The Balaban J connectivity index is 2.72. The molecular weight excluding hydrogens is 110 g/mol. The maximum Gasteiger partial charge on any atom is 0.0119 e. The van der Waals surface area contributed by atoms with Gasteiger partial charge >= 0.3 is 0 Å². The van der Waals surface area contributed by atoms with Gasteiger partial charge in [0.2, 0.25) is 0 Å². The molecule has 0 unspecified atom stereocenters. The molecule has 1 radical (unpaired) electrons. The van der Waals surface area contributed by atoms with Crippen LogP contribution < -0.4 is 0 Å². The van der Waals surface area contributed by atoms with Crippen LogP contribution in [0.5, 0.6) is 0 Å². The Labute approximate surface area is 55.8 Å². The summed E-state index contributed by atoms with van der Waals surface area (Å²) in [4.78, 5) is 0. The first-order chi connectivity index (χ1) is 4.43. The highest BCUT2D eigenvalue weighted by atomic mass is 14.9. The van der Waals surface area contributed by atoms with Gasteiger partial charge in [0.1, 0.15) is 0 Å². The van der Waals surface area contributed by atoms with Crippen molar-refractivity contribution in [2.75, 3.05) is 0 Å². The molecule has 1 aromatic carbocycles. The highest BCUT2D eigenvalue weighted by Crippen LogP contribution is 2.00. The Morgan fingerprint density at radius 3 is 2.33 bits per heavy atom. The molecule has 1 rings (SSSR count). The van der Waals surface area contributed by atoms with E-state index in [1.165, 1.54) is 5.56 Å².